The molecule has 0 aromatic heterocycles. The summed E-state index contributed by atoms with van der Waals surface area (Å²) in [6.07, 6.45) is 6.68. The molecule has 118 valence electrons. The number of aryl methyl sites for hydroxylation is 1. The van der Waals surface area contributed by atoms with Gasteiger partial charge in [-0.25, -0.2) is 0 Å². The lowest BCUT2D eigenvalue weighted by Crippen LogP contribution is -2.30. The highest BCUT2D eigenvalue weighted by molar-refractivity contribution is 5.25. The minimum atomic E-state index is 0.517. The minimum Gasteiger partial charge on any atom is -0.378 e. The Labute approximate surface area is 130 Å². The van der Waals surface area contributed by atoms with E-state index in [4.69, 9.17) is 4.74 Å². The second-order valence-corrected chi connectivity index (χ2v) is 6.77. The van der Waals surface area contributed by atoms with Crippen molar-refractivity contribution in [3.63, 3.8) is 0 Å². The maximum atomic E-state index is 5.78. The summed E-state index contributed by atoms with van der Waals surface area (Å²) in [4.78, 5) is 0. The van der Waals surface area contributed by atoms with E-state index in [-0.39, 0.29) is 0 Å². The van der Waals surface area contributed by atoms with Crippen molar-refractivity contribution >= 4 is 0 Å². The first-order valence-corrected chi connectivity index (χ1v) is 8.54. The summed E-state index contributed by atoms with van der Waals surface area (Å²) in [5.74, 6) is 0.706. The average molecular weight is 289 g/mol. The third kappa shape index (κ3) is 5.80. The molecule has 2 rings (SSSR count). The van der Waals surface area contributed by atoms with Crippen LogP contribution in [0, 0.1) is 12.8 Å². The van der Waals surface area contributed by atoms with E-state index in [1.165, 1.54) is 43.2 Å². The van der Waals surface area contributed by atoms with Gasteiger partial charge in [-0.3, -0.25) is 0 Å². The molecule has 1 fully saturated rings. The first-order chi connectivity index (χ1) is 10.1. The van der Waals surface area contributed by atoms with Crippen molar-refractivity contribution in [1.29, 1.82) is 0 Å². The van der Waals surface area contributed by atoms with Crippen molar-refractivity contribution in [3.05, 3.63) is 35.4 Å². The monoisotopic (exact) mass is 289 g/mol. The average Bonchev–Trinajstić information content (AvgIpc) is 2.97. The zero-order chi connectivity index (χ0) is 15.1. The number of benzene rings is 1. The molecule has 0 radical (unpaired) electrons. The molecule has 1 aliphatic heterocycles. The molecule has 0 amide bonds. The summed E-state index contributed by atoms with van der Waals surface area (Å²) in [5.41, 5.74) is 2.92. The minimum absolute atomic E-state index is 0.517. The molecule has 21 heavy (non-hydrogen) atoms. The summed E-state index contributed by atoms with van der Waals surface area (Å²) in [7, 11) is 0. The molecule has 0 saturated carbocycles. The Bertz CT molecular complexity index is 410. The van der Waals surface area contributed by atoms with Crippen LogP contribution in [-0.2, 0) is 11.2 Å². The van der Waals surface area contributed by atoms with Gasteiger partial charge in [-0.15, -0.1) is 0 Å². The van der Waals surface area contributed by atoms with Gasteiger partial charge in [0.2, 0.25) is 0 Å². The van der Waals surface area contributed by atoms with Gasteiger partial charge in [-0.2, -0.15) is 0 Å². The first kappa shape index (κ1) is 16.5. The lowest BCUT2D eigenvalue weighted by atomic mass is 9.91. The summed E-state index contributed by atoms with van der Waals surface area (Å²) in [6.45, 7) is 8.76. The van der Waals surface area contributed by atoms with E-state index >= 15 is 0 Å². The number of hydrogen-bond donors (Lipinski definition) is 1. The molecule has 1 aromatic rings. The normalized spacial score (nSPS) is 20.1. The van der Waals surface area contributed by atoms with E-state index < -0.39 is 0 Å². The van der Waals surface area contributed by atoms with Crippen molar-refractivity contribution in [2.24, 2.45) is 5.92 Å². The molecule has 2 unspecified atom stereocenters. The molecule has 2 nitrogen and oxygen atoms in total. The molecular weight excluding hydrogens is 258 g/mol. The van der Waals surface area contributed by atoms with Crippen LogP contribution in [0.25, 0.3) is 0 Å². The van der Waals surface area contributed by atoms with Crippen LogP contribution < -0.4 is 5.32 Å². The van der Waals surface area contributed by atoms with Crippen molar-refractivity contribution in [1.82, 2.24) is 5.32 Å². The fourth-order valence-corrected chi connectivity index (χ4v) is 3.12. The Morgan fingerprint density at radius 2 is 2.10 bits per heavy atom. The number of hydrogen-bond acceptors (Lipinski definition) is 2. The van der Waals surface area contributed by atoms with E-state index in [0.29, 0.717) is 18.1 Å². The highest BCUT2D eigenvalue weighted by Gasteiger charge is 2.18. The van der Waals surface area contributed by atoms with E-state index in [1.54, 1.807) is 0 Å². The molecule has 0 spiro atoms. The highest BCUT2D eigenvalue weighted by Crippen LogP contribution is 2.22. The van der Waals surface area contributed by atoms with Gasteiger partial charge in [0.25, 0.3) is 0 Å². The van der Waals surface area contributed by atoms with Crippen LogP contribution in [0.15, 0.2) is 24.3 Å². The van der Waals surface area contributed by atoms with Crippen LogP contribution in [0.2, 0.25) is 0 Å². The third-order valence-electron chi connectivity index (χ3n) is 4.51. The van der Waals surface area contributed by atoms with Crippen molar-refractivity contribution in [3.8, 4) is 0 Å². The predicted molar refractivity (Wildman–Crippen MR) is 89.7 cm³/mol. The maximum absolute atomic E-state index is 5.78. The standard InChI is InChI=1S/C19H31NO/c1-15(2)20-14-17(10-11-19-9-6-12-21-19)13-18-8-5-4-7-16(18)3/h4-5,7-8,15,17,19-20H,6,9-14H2,1-3H3. The molecule has 0 bridgehead atoms. The Morgan fingerprint density at radius 3 is 2.76 bits per heavy atom. The Balaban J connectivity index is 1.89. The van der Waals surface area contributed by atoms with Crippen molar-refractivity contribution in [2.45, 2.75) is 65.0 Å². The van der Waals surface area contributed by atoms with Gasteiger partial charge in [0.1, 0.15) is 0 Å². The van der Waals surface area contributed by atoms with Crippen LogP contribution in [0.5, 0.6) is 0 Å². The van der Waals surface area contributed by atoms with Crippen LogP contribution in [-0.4, -0.2) is 25.3 Å². The van der Waals surface area contributed by atoms with Crippen molar-refractivity contribution in [2.75, 3.05) is 13.2 Å². The van der Waals surface area contributed by atoms with Crippen LogP contribution >= 0.6 is 0 Å². The Hall–Kier alpha value is -0.860. The SMILES string of the molecule is Cc1ccccc1CC(CCC1CCCO1)CNC(C)C. The Kier molecular flexibility index (Phi) is 6.72. The van der Waals surface area contributed by atoms with Crippen LogP contribution in [0.3, 0.4) is 0 Å². The molecule has 1 saturated heterocycles. The fraction of sp³-hybridized carbons (Fsp3) is 0.684. The molecule has 1 N–H and O–H groups in total. The lowest BCUT2D eigenvalue weighted by molar-refractivity contribution is 0.0978. The molecule has 2 heteroatoms. The van der Waals surface area contributed by atoms with Gasteiger partial charge in [-0.05, 0) is 62.6 Å². The number of nitrogens with one attached hydrogen (secondary N) is 1. The van der Waals surface area contributed by atoms with Crippen LogP contribution in [0.1, 0.15) is 50.7 Å². The quantitative estimate of drug-likeness (QED) is 0.777. The van der Waals surface area contributed by atoms with E-state index in [2.05, 4.69) is 50.4 Å². The summed E-state index contributed by atoms with van der Waals surface area (Å²) in [5, 5.41) is 3.62. The van der Waals surface area contributed by atoms with Gasteiger partial charge in [0, 0.05) is 12.6 Å². The molecule has 2 atom stereocenters. The molecule has 1 aliphatic rings. The van der Waals surface area contributed by atoms with Gasteiger partial charge in [0.15, 0.2) is 0 Å². The van der Waals surface area contributed by atoms with Crippen LogP contribution in [0.4, 0.5) is 0 Å². The smallest absolute Gasteiger partial charge is 0.0576 e. The molecule has 1 aromatic carbocycles. The van der Waals surface area contributed by atoms with E-state index in [0.717, 1.165) is 13.2 Å². The second kappa shape index (κ2) is 8.55. The molecule has 1 heterocycles. The zero-order valence-corrected chi connectivity index (χ0v) is 13.9. The maximum Gasteiger partial charge on any atom is 0.0576 e. The highest BCUT2D eigenvalue weighted by atomic mass is 16.5. The largest absolute Gasteiger partial charge is 0.378 e. The topological polar surface area (TPSA) is 21.3 Å². The fourth-order valence-electron chi connectivity index (χ4n) is 3.12. The molecule has 0 aliphatic carbocycles. The molecular formula is C19H31NO. The van der Waals surface area contributed by atoms with Gasteiger partial charge < -0.3 is 10.1 Å². The summed E-state index contributed by atoms with van der Waals surface area (Å²) < 4.78 is 5.78. The number of ether oxygens (including phenoxy) is 1. The lowest BCUT2D eigenvalue weighted by Gasteiger charge is -2.21. The van der Waals surface area contributed by atoms with Gasteiger partial charge in [0.05, 0.1) is 6.10 Å². The van der Waals surface area contributed by atoms with E-state index in [1.807, 2.05) is 0 Å². The zero-order valence-electron chi connectivity index (χ0n) is 13.9. The summed E-state index contributed by atoms with van der Waals surface area (Å²) >= 11 is 0. The van der Waals surface area contributed by atoms with E-state index in [9.17, 15) is 0 Å². The third-order valence-corrected chi connectivity index (χ3v) is 4.51. The summed E-state index contributed by atoms with van der Waals surface area (Å²) in [6, 6.07) is 9.36. The van der Waals surface area contributed by atoms with Crippen molar-refractivity contribution < 1.29 is 4.74 Å². The second-order valence-electron chi connectivity index (χ2n) is 6.77. The van der Waals surface area contributed by atoms with Gasteiger partial charge >= 0.3 is 0 Å². The Morgan fingerprint density at radius 1 is 1.29 bits per heavy atom. The number of rotatable bonds is 8. The first-order valence-electron chi connectivity index (χ1n) is 8.54. The predicted octanol–water partition coefficient (Wildman–Crippen LogP) is 4.11. The van der Waals surface area contributed by atoms with Gasteiger partial charge in [-0.1, -0.05) is 38.1 Å².